The third kappa shape index (κ3) is 5.07. The van der Waals surface area contributed by atoms with Crippen molar-refractivity contribution in [1.29, 1.82) is 0 Å². The Hall–Kier alpha value is -4.21. The number of alkyl halides is 3. The summed E-state index contributed by atoms with van der Waals surface area (Å²) in [6.07, 6.45) is -1.37. The molecule has 0 fully saturated rings. The van der Waals surface area contributed by atoms with Crippen LogP contribution in [0, 0.1) is 5.82 Å². The van der Waals surface area contributed by atoms with E-state index < -0.39 is 29.2 Å². The molecule has 4 rings (SSSR count). The Morgan fingerprint density at radius 3 is 2.47 bits per heavy atom. The first-order valence-corrected chi connectivity index (χ1v) is 10.9. The molecule has 0 aliphatic carbocycles. The SMILES string of the molecule is C=CC1=C(C(=NC)Oc2ccc(C(F)(F)F)cc2F)C(=O)N(Cc2ccc(-c3ccn(C)n3)cc2)C1. The van der Waals surface area contributed by atoms with Crippen molar-refractivity contribution in [3.63, 3.8) is 0 Å². The highest BCUT2D eigenvalue weighted by Crippen LogP contribution is 2.33. The Morgan fingerprint density at radius 1 is 1.19 bits per heavy atom. The van der Waals surface area contributed by atoms with Crippen LogP contribution in [0.2, 0.25) is 0 Å². The minimum atomic E-state index is -4.70. The van der Waals surface area contributed by atoms with Crippen LogP contribution in [0.4, 0.5) is 17.6 Å². The van der Waals surface area contributed by atoms with Crippen LogP contribution in [-0.2, 0) is 24.6 Å². The summed E-state index contributed by atoms with van der Waals surface area (Å²) in [6, 6.07) is 11.4. The van der Waals surface area contributed by atoms with Crippen molar-refractivity contribution in [2.24, 2.45) is 12.0 Å². The average molecular weight is 498 g/mol. The molecular weight excluding hydrogens is 476 g/mol. The highest BCUT2D eigenvalue weighted by atomic mass is 19.4. The lowest BCUT2D eigenvalue weighted by Crippen LogP contribution is -2.29. The van der Waals surface area contributed by atoms with Gasteiger partial charge in [-0.25, -0.2) is 4.39 Å². The number of amides is 1. The molecule has 6 nitrogen and oxygen atoms in total. The predicted molar refractivity (Wildman–Crippen MR) is 127 cm³/mol. The van der Waals surface area contributed by atoms with Crippen molar-refractivity contribution in [2.75, 3.05) is 13.6 Å². The minimum Gasteiger partial charge on any atom is -0.435 e. The van der Waals surface area contributed by atoms with Gasteiger partial charge >= 0.3 is 6.18 Å². The van der Waals surface area contributed by atoms with Gasteiger partial charge in [-0.15, -0.1) is 0 Å². The molecule has 0 unspecified atom stereocenters. The summed E-state index contributed by atoms with van der Waals surface area (Å²) in [6.45, 7) is 4.25. The number of nitrogens with zero attached hydrogens (tertiary/aromatic N) is 4. The summed E-state index contributed by atoms with van der Waals surface area (Å²) < 4.78 is 60.1. The number of benzene rings is 2. The summed E-state index contributed by atoms with van der Waals surface area (Å²) in [5, 5.41) is 4.37. The Morgan fingerprint density at radius 2 is 1.92 bits per heavy atom. The third-order valence-corrected chi connectivity index (χ3v) is 5.65. The van der Waals surface area contributed by atoms with Gasteiger partial charge in [0.25, 0.3) is 5.91 Å². The van der Waals surface area contributed by atoms with Crippen molar-refractivity contribution < 1.29 is 27.1 Å². The molecule has 10 heteroatoms. The molecule has 0 spiro atoms. The van der Waals surface area contributed by atoms with Crippen molar-refractivity contribution >= 4 is 11.8 Å². The molecule has 3 aromatic rings. The maximum atomic E-state index is 14.3. The summed E-state index contributed by atoms with van der Waals surface area (Å²) >= 11 is 0. The molecule has 0 saturated heterocycles. The smallest absolute Gasteiger partial charge is 0.416 e. The van der Waals surface area contributed by atoms with E-state index in [4.69, 9.17) is 4.74 Å². The molecule has 36 heavy (non-hydrogen) atoms. The maximum absolute atomic E-state index is 14.3. The average Bonchev–Trinajstić information content (AvgIpc) is 3.41. The molecule has 1 amide bonds. The summed E-state index contributed by atoms with van der Waals surface area (Å²) in [4.78, 5) is 18.7. The Kier molecular flexibility index (Phi) is 6.78. The van der Waals surface area contributed by atoms with E-state index in [1.54, 1.807) is 9.58 Å². The number of carbonyl (C=O) groups excluding carboxylic acids is 1. The lowest BCUT2D eigenvalue weighted by Gasteiger charge is -2.17. The van der Waals surface area contributed by atoms with Crippen LogP contribution in [0.5, 0.6) is 5.75 Å². The van der Waals surface area contributed by atoms with Crippen LogP contribution < -0.4 is 4.74 Å². The van der Waals surface area contributed by atoms with E-state index in [9.17, 15) is 22.4 Å². The first-order valence-electron chi connectivity index (χ1n) is 10.9. The fourth-order valence-corrected chi connectivity index (χ4v) is 3.82. The lowest BCUT2D eigenvalue weighted by molar-refractivity contribution is -0.137. The van der Waals surface area contributed by atoms with E-state index in [1.807, 2.05) is 43.6 Å². The fraction of sp³-hybridized carbons (Fsp3) is 0.192. The first-order chi connectivity index (χ1) is 17.1. The third-order valence-electron chi connectivity index (χ3n) is 5.65. The molecule has 0 bridgehead atoms. The van der Waals surface area contributed by atoms with E-state index in [2.05, 4.69) is 16.7 Å². The van der Waals surface area contributed by atoms with Gasteiger partial charge < -0.3 is 9.64 Å². The Bertz CT molecular complexity index is 1370. The standard InChI is InChI=1S/C26H22F4N4O2/c1-4-17-15-34(14-16-5-7-18(8-6-16)21-11-12-33(3)32-21)25(35)23(17)24(31-2)36-22-10-9-19(13-20(22)27)26(28,29)30/h4-13H,1,14-15H2,2-3H3. The van der Waals surface area contributed by atoms with E-state index in [-0.39, 0.29) is 24.6 Å². The van der Waals surface area contributed by atoms with Crippen LogP contribution in [0.3, 0.4) is 0 Å². The Labute approximate surface area is 204 Å². The van der Waals surface area contributed by atoms with Gasteiger partial charge in [0.05, 0.1) is 11.3 Å². The van der Waals surface area contributed by atoms with Gasteiger partial charge in [-0.1, -0.05) is 36.9 Å². The van der Waals surface area contributed by atoms with Crippen LogP contribution in [0.1, 0.15) is 11.1 Å². The van der Waals surface area contributed by atoms with Gasteiger partial charge in [0, 0.05) is 38.9 Å². The molecular formula is C26H22F4N4O2. The van der Waals surface area contributed by atoms with Crippen LogP contribution in [0.25, 0.3) is 11.3 Å². The lowest BCUT2D eigenvalue weighted by atomic mass is 10.1. The highest BCUT2D eigenvalue weighted by molar-refractivity contribution is 6.21. The number of rotatable bonds is 6. The first kappa shape index (κ1) is 24.9. The van der Waals surface area contributed by atoms with Gasteiger partial charge in [0.2, 0.25) is 5.90 Å². The molecule has 0 N–H and O–H groups in total. The largest absolute Gasteiger partial charge is 0.435 e. The number of hydrogen-bond donors (Lipinski definition) is 0. The van der Waals surface area contributed by atoms with Gasteiger partial charge in [-0.3, -0.25) is 14.5 Å². The van der Waals surface area contributed by atoms with Crippen molar-refractivity contribution in [3.8, 4) is 17.0 Å². The topological polar surface area (TPSA) is 59.7 Å². The summed E-state index contributed by atoms with van der Waals surface area (Å²) in [5.41, 5.74) is 2.08. The van der Waals surface area contributed by atoms with Gasteiger partial charge in [-0.2, -0.15) is 18.3 Å². The zero-order chi connectivity index (χ0) is 26.0. The van der Waals surface area contributed by atoms with E-state index in [0.717, 1.165) is 22.9 Å². The van der Waals surface area contributed by atoms with Crippen molar-refractivity contribution in [2.45, 2.75) is 12.7 Å². The number of hydrogen-bond acceptors (Lipinski definition) is 4. The highest BCUT2D eigenvalue weighted by Gasteiger charge is 2.35. The quantitative estimate of drug-likeness (QED) is 0.268. The zero-order valence-corrected chi connectivity index (χ0v) is 19.5. The second-order valence-corrected chi connectivity index (χ2v) is 8.11. The zero-order valence-electron chi connectivity index (χ0n) is 19.5. The minimum absolute atomic E-state index is 0.0805. The molecule has 2 heterocycles. The van der Waals surface area contributed by atoms with Crippen LogP contribution in [0.15, 0.2) is 83.5 Å². The molecule has 1 aliphatic rings. The van der Waals surface area contributed by atoms with Crippen LogP contribution in [-0.4, -0.2) is 40.1 Å². The maximum Gasteiger partial charge on any atom is 0.416 e. The molecule has 1 aromatic heterocycles. The number of carbonyl (C=O) groups is 1. The number of aromatic nitrogens is 2. The summed E-state index contributed by atoms with van der Waals surface area (Å²) in [5.74, 6) is -2.31. The van der Waals surface area contributed by atoms with E-state index in [1.165, 1.54) is 13.1 Å². The fourth-order valence-electron chi connectivity index (χ4n) is 3.82. The second-order valence-electron chi connectivity index (χ2n) is 8.11. The van der Waals surface area contributed by atoms with Crippen LogP contribution >= 0.6 is 0 Å². The predicted octanol–water partition coefficient (Wildman–Crippen LogP) is 5.18. The van der Waals surface area contributed by atoms with E-state index >= 15 is 0 Å². The molecule has 2 aromatic carbocycles. The second kappa shape index (κ2) is 9.80. The van der Waals surface area contributed by atoms with Gasteiger partial charge in [-0.05, 0) is 35.4 Å². The Balaban J connectivity index is 1.51. The summed E-state index contributed by atoms with van der Waals surface area (Å²) in [7, 11) is 3.18. The number of ether oxygens (including phenoxy) is 1. The molecule has 186 valence electrons. The van der Waals surface area contributed by atoms with Crippen molar-refractivity contribution in [1.82, 2.24) is 14.7 Å². The number of aliphatic imine (C=N–C) groups is 1. The van der Waals surface area contributed by atoms with Gasteiger partial charge in [0.1, 0.15) is 5.57 Å². The van der Waals surface area contributed by atoms with Crippen molar-refractivity contribution in [3.05, 3.63) is 95.5 Å². The molecule has 1 aliphatic heterocycles. The number of halogens is 4. The van der Waals surface area contributed by atoms with Gasteiger partial charge in [0.15, 0.2) is 11.6 Å². The molecule has 0 atom stereocenters. The molecule has 0 saturated carbocycles. The van der Waals surface area contributed by atoms with E-state index in [0.29, 0.717) is 17.7 Å². The monoisotopic (exact) mass is 498 g/mol. The molecule has 0 radical (unpaired) electrons. The normalized spacial score (nSPS) is 14.6. The number of aryl methyl sites for hydroxylation is 1.